The van der Waals surface area contributed by atoms with Crippen molar-refractivity contribution >= 4 is 5.97 Å². The highest BCUT2D eigenvalue weighted by Gasteiger charge is 2.38. The molecule has 0 amide bonds. The van der Waals surface area contributed by atoms with E-state index >= 15 is 0 Å². The number of nitrogens with one attached hydrogen (secondary N) is 1. The van der Waals surface area contributed by atoms with Crippen molar-refractivity contribution in [1.29, 1.82) is 0 Å². The monoisotopic (exact) mass is 303 g/mol. The maximum Gasteiger partial charge on any atom is 0.416 e. The molecule has 0 aliphatic heterocycles. The van der Waals surface area contributed by atoms with Crippen LogP contribution >= 0.6 is 0 Å². The summed E-state index contributed by atoms with van der Waals surface area (Å²) in [6.07, 6.45) is -4.45. The van der Waals surface area contributed by atoms with Gasteiger partial charge >= 0.3 is 12.1 Å². The van der Waals surface area contributed by atoms with E-state index in [4.69, 9.17) is 4.74 Å². The molecule has 0 bridgehead atoms. The maximum absolute atomic E-state index is 12.8. The molecule has 0 aliphatic carbocycles. The Morgan fingerprint density at radius 2 is 1.86 bits per heavy atom. The maximum atomic E-state index is 12.8. The summed E-state index contributed by atoms with van der Waals surface area (Å²) in [5, 5.41) is 3.00. The van der Waals surface area contributed by atoms with Gasteiger partial charge in [-0.05, 0) is 37.1 Å². The normalized spacial score (nSPS) is 14.9. The Labute approximate surface area is 122 Å². The Morgan fingerprint density at radius 3 is 2.33 bits per heavy atom. The zero-order valence-corrected chi connectivity index (χ0v) is 12.5. The molecule has 0 saturated carbocycles. The summed E-state index contributed by atoms with van der Waals surface area (Å²) in [7, 11) is 1.21. The smallest absolute Gasteiger partial charge is 0.416 e. The molecule has 6 heteroatoms. The van der Waals surface area contributed by atoms with E-state index in [1.165, 1.54) is 26.2 Å². The highest BCUT2D eigenvalue weighted by molar-refractivity contribution is 5.82. The molecule has 1 aromatic rings. The fourth-order valence-electron chi connectivity index (χ4n) is 1.91. The molecule has 0 radical (unpaired) electrons. The number of halogens is 3. The first kappa shape index (κ1) is 17.5. The molecule has 1 unspecified atom stereocenters. The van der Waals surface area contributed by atoms with Gasteiger partial charge in [0.05, 0.1) is 12.7 Å². The summed E-state index contributed by atoms with van der Waals surface area (Å²) in [5.74, 6) is -0.387. The predicted octanol–water partition coefficient (Wildman–Crippen LogP) is 3.34. The van der Waals surface area contributed by atoms with Gasteiger partial charge in [0.2, 0.25) is 0 Å². The van der Waals surface area contributed by atoms with Gasteiger partial charge in [-0.3, -0.25) is 5.32 Å². The van der Waals surface area contributed by atoms with Gasteiger partial charge in [-0.25, -0.2) is 4.79 Å². The zero-order chi connectivity index (χ0) is 16.3. The number of benzene rings is 1. The number of carbonyl (C=O) groups is 1. The molecule has 0 heterocycles. The standard InChI is InChI=1S/C15H20F3NO2/c1-10(2)9-19-14(3,13(20)21-4)11-6-5-7-12(8-11)15(16,17)18/h5-8,10,19H,9H2,1-4H3. The zero-order valence-electron chi connectivity index (χ0n) is 12.5. The van der Waals surface area contributed by atoms with Crippen molar-refractivity contribution in [2.45, 2.75) is 32.5 Å². The van der Waals surface area contributed by atoms with E-state index < -0.39 is 23.2 Å². The highest BCUT2D eigenvalue weighted by atomic mass is 19.4. The summed E-state index contributed by atoms with van der Waals surface area (Å²) in [6, 6.07) is 4.73. The largest absolute Gasteiger partial charge is 0.467 e. The Balaban J connectivity index is 3.23. The number of alkyl halides is 3. The van der Waals surface area contributed by atoms with Gasteiger partial charge in [-0.15, -0.1) is 0 Å². The molecule has 1 aromatic carbocycles. The van der Waals surface area contributed by atoms with Crippen LogP contribution in [0, 0.1) is 5.92 Å². The van der Waals surface area contributed by atoms with Crippen LogP contribution in [-0.2, 0) is 21.2 Å². The molecule has 1 rings (SSSR count). The molecule has 0 saturated heterocycles. The fourth-order valence-corrected chi connectivity index (χ4v) is 1.91. The number of hydrogen-bond acceptors (Lipinski definition) is 3. The second-order valence-electron chi connectivity index (χ2n) is 5.47. The van der Waals surface area contributed by atoms with E-state index in [9.17, 15) is 18.0 Å². The molecule has 118 valence electrons. The van der Waals surface area contributed by atoms with Crippen molar-refractivity contribution in [3.8, 4) is 0 Å². The molecule has 1 N–H and O–H groups in total. The summed E-state index contributed by atoms with van der Waals surface area (Å²) >= 11 is 0. The van der Waals surface area contributed by atoms with Crippen molar-refractivity contribution in [2.24, 2.45) is 5.92 Å². The third kappa shape index (κ3) is 4.20. The van der Waals surface area contributed by atoms with E-state index in [2.05, 4.69) is 5.32 Å². The van der Waals surface area contributed by atoms with Crippen LogP contribution in [0.1, 0.15) is 31.9 Å². The first-order valence-corrected chi connectivity index (χ1v) is 6.62. The van der Waals surface area contributed by atoms with Crippen LogP contribution in [0.15, 0.2) is 24.3 Å². The summed E-state index contributed by atoms with van der Waals surface area (Å²) in [6.45, 7) is 5.88. The van der Waals surface area contributed by atoms with Crippen LogP contribution in [-0.4, -0.2) is 19.6 Å². The van der Waals surface area contributed by atoms with Gasteiger partial charge in [-0.1, -0.05) is 26.0 Å². The molecule has 0 aromatic heterocycles. The second-order valence-corrected chi connectivity index (χ2v) is 5.47. The number of esters is 1. The number of methoxy groups -OCH3 is 1. The first-order chi connectivity index (χ1) is 9.61. The van der Waals surface area contributed by atoms with Crippen LogP contribution in [0.2, 0.25) is 0 Å². The summed E-state index contributed by atoms with van der Waals surface area (Å²) in [5.41, 5.74) is -1.88. The predicted molar refractivity (Wildman–Crippen MR) is 73.7 cm³/mol. The fraction of sp³-hybridized carbons (Fsp3) is 0.533. The van der Waals surface area contributed by atoms with Gasteiger partial charge in [-0.2, -0.15) is 13.2 Å². The van der Waals surface area contributed by atoms with E-state index in [-0.39, 0.29) is 11.5 Å². The number of hydrogen-bond donors (Lipinski definition) is 1. The molecule has 0 fully saturated rings. The number of rotatable bonds is 5. The minimum Gasteiger partial charge on any atom is -0.467 e. The van der Waals surface area contributed by atoms with Crippen molar-refractivity contribution in [1.82, 2.24) is 5.32 Å². The Bertz CT molecular complexity index is 500. The van der Waals surface area contributed by atoms with Gasteiger partial charge in [0.15, 0.2) is 0 Å². The highest BCUT2D eigenvalue weighted by Crippen LogP contribution is 2.32. The van der Waals surface area contributed by atoms with Crippen LogP contribution in [0.3, 0.4) is 0 Å². The third-order valence-corrected chi connectivity index (χ3v) is 3.22. The van der Waals surface area contributed by atoms with E-state index in [0.717, 1.165) is 12.1 Å². The van der Waals surface area contributed by atoms with Gasteiger partial charge in [0.25, 0.3) is 0 Å². The van der Waals surface area contributed by atoms with Crippen molar-refractivity contribution in [3.05, 3.63) is 35.4 Å². The summed E-state index contributed by atoms with van der Waals surface area (Å²) < 4.78 is 43.2. The van der Waals surface area contributed by atoms with Crippen LogP contribution < -0.4 is 5.32 Å². The first-order valence-electron chi connectivity index (χ1n) is 6.62. The molecule has 0 spiro atoms. The lowest BCUT2D eigenvalue weighted by molar-refractivity contribution is -0.148. The Morgan fingerprint density at radius 1 is 1.29 bits per heavy atom. The van der Waals surface area contributed by atoms with Crippen LogP contribution in [0.4, 0.5) is 13.2 Å². The number of carbonyl (C=O) groups excluding carboxylic acids is 1. The van der Waals surface area contributed by atoms with E-state index in [0.29, 0.717) is 6.54 Å². The van der Waals surface area contributed by atoms with Gasteiger partial charge in [0.1, 0.15) is 5.54 Å². The van der Waals surface area contributed by atoms with Crippen molar-refractivity contribution in [3.63, 3.8) is 0 Å². The average Bonchev–Trinajstić information content (AvgIpc) is 2.43. The lowest BCUT2D eigenvalue weighted by Crippen LogP contribution is -2.48. The molecular formula is C15H20F3NO2. The minimum absolute atomic E-state index is 0.227. The second kappa shape index (κ2) is 6.47. The van der Waals surface area contributed by atoms with Crippen LogP contribution in [0.25, 0.3) is 0 Å². The van der Waals surface area contributed by atoms with Gasteiger partial charge < -0.3 is 4.74 Å². The van der Waals surface area contributed by atoms with Gasteiger partial charge in [0, 0.05) is 0 Å². The van der Waals surface area contributed by atoms with Crippen molar-refractivity contribution in [2.75, 3.05) is 13.7 Å². The molecule has 1 atom stereocenters. The quantitative estimate of drug-likeness (QED) is 0.848. The molecule has 21 heavy (non-hydrogen) atoms. The molecular weight excluding hydrogens is 283 g/mol. The Hall–Kier alpha value is -1.56. The molecule has 3 nitrogen and oxygen atoms in total. The Kier molecular flexibility index (Phi) is 5.39. The molecule has 0 aliphatic rings. The average molecular weight is 303 g/mol. The van der Waals surface area contributed by atoms with E-state index in [1.54, 1.807) is 0 Å². The lowest BCUT2D eigenvalue weighted by Gasteiger charge is -2.30. The SMILES string of the molecule is COC(=O)C(C)(NCC(C)C)c1cccc(C(F)(F)F)c1. The topological polar surface area (TPSA) is 38.3 Å². The summed E-state index contributed by atoms with van der Waals surface area (Å²) in [4.78, 5) is 12.0. The van der Waals surface area contributed by atoms with Crippen LogP contribution in [0.5, 0.6) is 0 Å². The third-order valence-electron chi connectivity index (χ3n) is 3.22. The minimum atomic E-state index is -4.45. The lowest BCUT2D eigenvalue weighted by atomic mass is 9.90. The van der Waals surface area contributed by atoms with E-state index in [1.807, 2.05) is 13.8 Å². The van der Waals surface area contributed by atoms with Crippen molar-refractivity contribution < 1.29 is 22.7 Å². The number of ether oxygens (including phenoxy) is 1.